The monoisotopic (exact) mass is 374 g/mol. The van der Waals surface area contributed by atoms with Crippen LogP contribution in [-0.4, -0.2) is 57.6 Å². The number of carbonyl (C=O) groups is 1. The topological polar surface area (TPSA) is 66.0 Å². The van der Waals surface area contributed by atoms with E-state index in [1.807, 2.05) is 26.2 Å². The first-order valence-corrected chi connectivity index (χ1v) is 9.87. The van der Waals surface area contributed by atoms with E-state index in [1.54, 1.807) is 12.0 Å². The number of nitrogens with one attached hydrogen (secondary N) is 2. The highest BCUT2D eigenvalue weighted by atomic mass is 16.5. The van der Waals surface area contributed by atoms with Crippen LogP contribution in [0.3, 0.4) is 0 Å². The summed E-state index contributed by atoms with van der Waals surface area (Å²) >= 11 is 0. The molecule has 0 spiro atoms. The summed E-state index contributed by atoms with van der Waals surface area (Å²) in [5.41, 5.74) is 0.881. The number of hydrogen-bond acceptors (Lipinski definition) is 3. The Labute approximate surface area is 163 Å². The molecule has 2 N–H and O–H groups in total. The van der Waals surface area contributed by atoms with E-state index in [-0.39, 0.29) is 11.3 Å². The fraction of sp³-hybridized carbons (Fsp3) is 0.619. The predicted octanol–water partition coefficient (Wildman–Crippen LogP) is 2.44. The van der Waals surface area contributed by atoms with Crippen LogP contribution in [0.5, 0.6) is 5.75 Å². The Balaban J connectivity index is 1.97. The molecule has 1 aliphatic carbocycles. The minimum Gasteiger partial charge on any atom is -0.497 e. The molecule has 0 aromatic heterocycles. The van der Waals surface area contributed by atoms with E-state index in [2.05, 4.69) is 29.7 Å². The fourth-order valence-electron chi connectivity index (χ4n) is 3.69. The average molecular weight is 375 g/mol. The molecule has 1 aliphatic rings. The van der Waals surface area contributed by atoms with E-state index in [0.717, 1.165) is 56.9 Å². The van der Waals surface area contributed by atoms with Gasteiger partial charge in [0, 0.05) is 27.2 Å². The summed E-state index contributed by atoms with van der Waals surface area (Å²) in [5.74, 6) is 1.85. The predicted molar refractivity (Wildman–Crippen MR) is 110 cm³/mol. The minimum atomic E-state index is -0.335. The molecule has 27 heavy (non-hydrogen) atoms. The van der Waals surface area contributed by atoms with Gasteiger partial charge in [0.15, 0.2) is 5.96 Å². The van der Waals surface area contributed by atoms with Gasteiger partial charge >= 0.3 is 0 Å². The molecule has 0 bridgehead atoms. The van der Waals surface area contributed by atoms with Crippen LogP contribution in [0.2, 0.25) is 0 Å². The molecule has 1 saturated carbocycles. The number of hydrogen-bond donors (Lipinski definition) is 2. The molecule has 0 aliphatic heterocycles. The molecule has 1 amide bonds. The smallest absolute Gasteiger partial charge is 0.230 e. The lowest BCUT2D eigenvalue weighted by atomic mass is 9.85. The molecular formula is C21H34N4O2. The van der Waals surface area contributed by atoms with Crippen LogP contribution in [0.4, 0.5) is 0 Å². The van der Waals surface area contributed by atoms with Crippen molar-refractivity contribution in [1.29, 1.82) is 0 Å². The first-order valence-electron chi connectivity index (χ1n) is 9.87. The zero-order chi connectivity index (χ0) is 19.7. The molecule has 6 nitrogen and oxygen atoms in total. The number of guanidine groups is 1. The maximum Gasteiger partial charge on any atom is 0.230 e. The number of aliphatic imine (C=N–C) groups is 1. The van der Waals surface area contributed by atoms with Crippen LogP contribution in [0.25, 0.3) is 0 Å². The van der Waals surface area contributed by atoms with Crippen molar-refractivity contribution in [2.24, 2.45) is 10.4 Å². The zero-order valence-corrected chi connectivity index (χ0v) is 17.2. The number of amides is 1. The lowest BCUT2D eigenvalue weighted by Gasteiger charge is -2.29. The Morgan fingerprint density at radius 1 is 1.26 bits per heavy atom. The van der Waals surface area contributed by atoms with Crippen LogP contribution < -0.4 is 15.4 Å². The minimum absolute atomic E-state index is 0.205. The van der Waals surface area contributed by atoms with Crippen LogP contribution in [0.1, 0.15) is 38.2 Å². The summed E-state index contributed by atoms with van der Waals surface area (Å²) in [7, 11) is 5.36. The van der Waals surface area contributed by atoms with Gasteiger partial charge in [-0.25, -0.2) is 0 Å². The SMILES string of the molecule is CCNC(=NCC1(C(=O)N(C)C)CCCC1)NCCc1cccc(OC)c1. The first-order chi connectivity index (χ1) is 13.0. The number of rotatable bonds is 8. The van der Waals surface area contributed by atoms with Crippen LogP contribution in [0, 0.1) is 5.41 Å². The van der Waals surface area contributed by atoms with E-state index in [9.17, 15) is 4.79 Å². The van der Waals surface area contributed by atoms with E-state index in [4.69, 9.17) is 9.73 Å². The number of benzene rings is 1. The number of carbonyl (C=O) groups excluding carboxylic acids is 1. The van der Waals surface area contributed by atoms with E-state index >= 15 is 0 Å². The fourth-order valence-corrected chi connectivity index (χ4v) is 3.69. The van der Waals surface area contributed by atoms with Crippen molar-refractivity contribution in [3.8, 4) is 5.75 Å². The molecule has 2 rings (SSSR count). The second kappa shape index (κ2) is 10.2. The summed E-state index contributed by atoms with van der Waals surface area (Å²) < 4.78 is 5.28. The van der Waals surface area contributed by atoms with Crippen molar-refractivity contribution in [2.75, 3.05) is 40.8 Å². The number of nitrogens with zero attached hydrogens (tertiary/aromatic N) is 2. The third-order valence-electron chi connectivity index (χ3n) is 5.14. The molecular weight excluding hydrogens is 340 g/mol. The summed E-state index contributed by atoms with van der Waals surface area (Å²) in [4.78, 5) is 19.2. The molecule has 0 radical (unpaired) electrons. The molecule has 6 heteroatoms. The number of ether oxygens (including phenoxy) is 1. The van der Waals surface area contributed by atoms with Gasteiger partial charge in [0.25, 0.3) is 0 Å². The van der Waals surface area contributed by atoms with Crippen LogP contribution in [-0.2, 0) is 11.2 Å². The van der Waals surface area contributed by atoms with Gasteiger partial charge in [0.05, 0.1) is 19.1 Å². The second-order valence-electron chi connectivity index (χ2n) is 7.41. The zero-order valence-electron chi connectivity index (χ0n) is 17.2. The summed E-state index contributed by atoms with van der Waals surface area (Å²) in [6.07, 6.45) is 4.95. The van der Waals surface area contributed by atoms with E-state index in [1.165, 1.54) is 5.56 Å². The average Bonchev–Trinajstić information content (AvgIpc) is 3.15. The standard InChI is InChI=1S/C21H34N4O2/c1-5-22-20(23-14-11-17-9-8-10-18(15-17)27-4)24-16-21(12-6-7-13-21)19(26)25(2)3/h8-10,15H,5-7,11-14,16H2,1-4H3,(H2,22,23,24). The van der Waals surface area contributed by atoms with Gasteiger partial charge < -0.3 is 20.3 Å². The lowest BCUT2D eigenvalue weighted by molar-refractivity contribution is -0.138. The Bertz CT molecular complexity index is 637. The van der Waals surface area contributed by atoms with E-state index in [0.29, 0.717) is 6.54 Å². The highest BCUT2D eigenvalue weighted by Crippen LogP contribution is 2.39. The highest BCUT2D eigenvalue weighted by Gasteiger charge is 2.41. The van der Waals surface area contributed by atoms with E-state index < -0.39 is 0 Å². The highest BCUT2D eigenvalue weighted by molar-refractivity contribution is 5.84. The third-order valence-corrected chi connectivity index (χ3v) is 5.14. The van der Waals surface area contributed by atoms with Gasteiger partial charge in [0.1, 0.15) is 5.75 Å². The molecule has 150 valence electrons. The van der Waals surface area contributed by atoms with Crippen molar-refractivity contribution < 1.29 is 9.53 Å². The normalized spacial score (nSPS) is 16.1. The van der Waals surface area contributed by atoms with Crippen molar-refractivity contribution in [3.63, 3.8) is 0 Å². The van der Waals surface area contributed by atoms with Crippen molar-refractivity contribution in [1.82, 2.24) is 15.5 Å². The van der Waals surface area contributed by atoms with Crippen molar-refractivity contribution in [3.05, 3.63) is 29.8 Å². The van der Waals surface area contributed by atoms with Crippen LogP contribution in [0.15, 0.2) is 29.3 Å². The van der Waals surface area contributed by atoms with Gasteiger partial charge in [-0.3, -0.25) is 9.79 Å². The molecule has 1 fully saturated rings. The Hall–Kier alpha value is -2.24. The number of methoxy groups -OCH3 is 1. The lowest BCUT2D eigenvalue weighted by Crippen LogP contribution is -2.43. The largest absolute Gasteiger partial charge is 0.497 e. The Morgan fingerprint density at radius 2 is 2.00 bits per heavy atom. The van der Waals surface area contributed by atoms with Gasteiger partial charge in [-0.2, -0.15) is 0 Å². The van der Waals surface area contributed by atoms with Gasteiger partial charge in [-0.05, 0) is 43.9 Å². The molecule has 0 heterocycles. The van der Waals surface area contributed by atoms with Gasteiger partial charge in [0.2, 0.25) is 5.91 Å². The molecule has 0 saturated heterocycles. The summed E-state index contributed by atoms with van der Waals surface area (Å²) in [5, 5.41) is 6.68. The quantitative estimate of drug-likeness (QED) is 0.542. The van der Waals surface area contributed by atoms with Crippen molar-refractivity contribution >= 4 is 11.9 Å². The first kappa shape index (κ1) is 21.1. The molecule has 1 aromatic rings. The van der Waals surface area contributed by atoms with Crippen LogP contribution >= 0.6 is 0 Å². The molecule has 1 aromatic carbocycles. The molecule has 0 atom stereocenters. The van der Waals surface area contributed by atoms with Gasteiger partial charge in [-0.15, -0.1) is 0 Å². The van der Waals surface area contributed by atoms with Gasteiger partial charge in [-0.1, -0.05) is 25.0 Å². The summed E-state index contributed by atoms with van der Waals surface area (Å²) in [6.45, 7) is 4.15. The maximum atomic E-state index is 12.7. The third kappa shape index (κ3) is 5.88. The maximum absolute atomic E-state index is 12.7. The van der Waals surface area contributed by atoms with Crippen molar-refractivity contribution in [2.45, 2.75) is 39.0 Å². The second-order valence-corrected chi connectivity index (χ2v) is 7.41. The Morgan fingerprint density at radius 3 is 2.63 bits per heavy atom. The Kier molecular flexibility index (Phi) is 7.95. The molecule has 0 unspecified atom stereocenters. The summed E-state index contributed by atoms with van der Waals surface area (Å²) in [6, 6.07) is 8.10.